The molecule has 1 N–H and O–H groups in total. The van der Waals surface area contributed by atoms with E-state index < -0.39 is 0 Å². The SMILES string of the molecule is Cc1cc(Br)ccc1OC1(CCNC2CC2)CCC1. The molecule has 0 amide bonds. The first-order valence-corrected chi connectivity index (χ1v) is 8.15. The molecule has 0 radical (unpaired) electrons. The Morgan fingerprint density at radius 2 is 2.16 bits per heavy atom. The Morgan fingerprint density at radius 3 is 2.74 bits per heavy atom. The molecule has 3 rings (SSSR count). The van der Waals surface area contributed by atoms with Gasteiger partial charge >= 0.3 is 0 Å². The van der Waals surface area contributed by atoms with Crippen LogP contribution in [0.5, 0.6) is 5.75 Å². The second-order valence-corrected chi connectivity index (χ2v) is 6.94. The molecule has 0 heterocycles. The van der Waals surface area contributed by atoms with Gasteiger partial charge in [-0.15, -0.1) is 0 Å². The zero-order chi connectivity index (χ0) is 13.3. The van der Waals surface area contributed by atoms with Gasteiger partial charge in [0.1, 0.15) is 11.4 Å². The highest BCUT2D eigenvalue weighted by molar-refractivity contribution is 9.10. The van der Waals surface area contributed by atoms with Gasteiger partial charge in [0, 0.05) is 10.5 Å². The fraction of sp³-hybridized carbons (Fsp3) is 0.625. The highest BCUT2D eigenvalue weighted by Crippen LogP contribution is 2.40. The highest BCUT2D eigenvalue weighted by Gasteiger charge is 2.39. The molecule has 2 fully saturated rings. The van der Waals surface area contributed by atoms with Crippen LogP contribution in [0, 0.1) is 6.92 Å². The monoisotopic (exact) mass is 323 g/mol. The number of hydrogen-bond donors (Lipinski definition) is 1. The van der Waals surface area contributed by atoms with Crippen LogP contribution in [0.3, 0.4) is 0 Å². The van der Waals surface area contributed by atoms with E-state index in [1.165, 1.54) is 37.7 Å². The van der Waals surface area contributed by atoms with Crippen molar-refractivity contribution in [2.24, 2.45) is 0 Å². The lowest BCUT2D eigenvalue weighted by molar-refractivity contribution is -0.0148. The Kier molecular flexibility index (Phi) is 3.86. The van der Waals surface area contributed by atoms with Crippen molar-refractivity contribution in [3.05, 3.63) is 28.2 Å². The first-order valence-electron chi connectivity index (χ1n) is 7.35. The molecule has 0 atom stereocenters. The number of hydrogen-bond acceptors (Lipinski definition) is 2. The van der Waals surface area contributed by atoms with Gasteiger partial charge in [0.05, 0.1) is 0 Å². The lowest BCUT2D eigenvalue weighted by atomic mass is 9.77. The average Bonchev–Trinajstić information content (AvgIpc) is 3.13. The van der Waals surface area contributed by atoms with Crippen molar-refractivity contribution in [2.45, 2.75) is 57.1 Å². The Bertz CT molecular complexity index is 452. The summed E-state index contributed by atoms with van der Waals surface area (Å²) in [6, 6.07) is 7.08. The molecular formula is C16H22BrNO. The van der Waals surface area contributed by atoms with Gasteiger partial charge in [-0.2, -0.15) is 0 Å². The number of halogens is 1. The first-order chi connectivity index (χ1) is 9.17. The van der Waals surface area contributed by atoms with Crippen molar-refractivity contribution < 1.29 is 4.74 Å². The molecule has 0 aromatic heterocycles. The quantitative estimate of drug-likeness (QED) is 0.847. The molecule has 0 bridgehead atoms. The molecule has 0 spiro atoms. The van der Waals surface area contributed by atoms with Crippen molar-refractivity contribution in [1.82, 2.24) is 5.32 Å². The molecule has 3 heteroatoms. The third kappa shape index (κ3) is 3.32. The van der Waals surface area contributed by atoms with Crippen LogP contribution in [-0.4, -0.2) is 18.2 Å². The van der Waals surface area contributed by atoms with E-state index in [0.29, 0.717) is 0 Å². The average molecular weight is 324 g/mol. The van der Waals surface area contributed by atoms with Gasteiger partial charge in [0.25, 0.3) is 0 Å². The topological polar surface area (TPSA) is 21.3 Å². The summed E-state index contributed by atoms with van der Waals surface area (Å²) in [7, 11) is 0. The third-order valence-electron chi connectivity index (χ3n) is 4.32. The van der Waals surface area contributed by atoms with Crippen molar-refractivity contribution >= 4 is 15.9 Å². The van der Waals surface area contributed by atoms with Crippen LogP contribution >= 0.6 is 15.9 Å². The summed E-state index contributed by atoms with van der Waals surface area (Å²) in [6.45, 7) is 3.22. The summed E-state index contributed by atoms with van der Waals surface area (Å²) in [6.07, 6.45) is 7.57. The predicted octanol–water partition coefficient (Wildman–Crippen LogP) is 4.20. The second-order valence-electron chi connectivity index (χ2n) is 6.03. The minimum absolute atomic E-state index is 0.0977. The summed E-state index contributed by atoms with van der Waals surface area (Å²) in [4.78, 5) is 0. The third-order valence-corrected chi connectivity index (χ3v) is 4.81. The van der Waals surface area contributed by atoms with Crippen LogP contribution in [0.2, 0.25) is 0 Å². The van der Waals surface area contributed by atoms with E-state index >= 15 is 0 Å². The lowest BCUT2D eigenvalue weighted by Crippen LogP contribution is -2.45. The van der Waals surface area contributed by atoms with Crippen LogP contribution in [-0.2, 0) is 0 Å². The Morgan fingerprint density at radius 1 is 1.37 bits per heavy atom. The van der Waals surface area contributed by atoms with Gasteiger partial charge in [-0.25, -0.2) is 0 Å². The maximum atomic E-state index is 6.37. The van der Waals surface area contributed by atoms with Gasteiger partial charge in [0.15, 0.2) is 0 Å². The maximum Gasteiger partial charge on any atom is 0.123 e. The fourth-order valence-electron chi connectivity index (χ4n) is 2.73. The van der Waals surface area contributed by atoms with Crippen LogP contribution < -0.4 is 10.1 Å². The Balaban J connectivity index is 1.60. The minimum atomic E-state index is 0.0977. The molecule has 2 aliphatic rings. The number of aryl methyl sites for hydroxylation is 1. The summed E-state index contributed by atoms with van der Waals surface area (Å²) in [5.41, 5.74) is 1.32. The normalized spacial score (nSPS) is 20.9. The van der Waals surface area contributed by atoms with Gasteiger partial charge in [-0.05, 0) is 75.8 Å². The second kappa shape index (κ2) is 5.45. The molecule has 2 nitrogen and oxygen atoms in total. The van der Waals surface area contributed by atoms with Gasteiger partial charge in [0.2, 0.25) is 0 Å². The summed E-state index contributed by atoms with van der Waals surface area (Å²) >= 11 is 3.51. The maximum absolute atomic E-state index is 6.37. The van der Waals surface area contributed by atoms with E-state index in [1.54, 1.807) is 0 Å². The van der Waals surface area contributed by atoms with Crippen molar-refractivity contribution in [3.63, 3.8) is 0 Å². The fourth-order valence-corrected chi connectivity index (χ4v) is 3.20. The molecular weight excluding hydrogens is 302 g/mol. The number of ether oxygens (including phenoxy) is 1. The largest absolute Gasteiger partial charge is 0.487 e. The first kappa shape index (κ1) is 13.4. The zero-order valence-corrected chi connectivity index (χ0v) is 13.1. The van der Waals surface area contributed by atoms with E-state index in [9.17, 15) is 0 Å². The van der Waals surface area contributed by atoms with Gasteiger partial charge in [-0.1, -0.05) is 15.9 Å². The summed E-state index contributed by atoms with van der Waals surface area (Å²) in [5.74, 6) is 1.05. The standard InChI is InChI=1S/C16H22BrNO/c1-12-11-13(17)3-6-15(12)19-16(7-2-8-16)9-10-18-14-4-5-14/h3,6,11,14,18H,2,4-5,7-10H2,1H3. The smallest absolute Gasteiger partial charge is 0.123 e. The van der Waals surface area contributed by atoms with Crippen molar-refractivity contribution in [2.75, 3.05) is 6.54 Å². The van der Waals surface area contributed by atoms with Crippen LogP contribution in [0.15, 0.2) is 22.7 Å². The minimum Gasteiger partial charge on any atom is -0.487 e. The zero-order valence-electron chi connectivity index (χ0n) is 11.5. The molecule has 2 aliphatic carbocycles. The van der Waals surface area contributed by atoms with E-state index in [0.717, 1.165) is 29.2 Å². The lowest BCUT2D eigenvalue weighted by Gasteiger charge is -2.42. The van der Waals surface area contributed by atoms with Crippen LogP contribution in [0.4, 0.5) is 0 Å². The van der Waals surface area contributed by atoms with Crippen molar-refractivity contribution in [3.8, 4) is 5.75 Å². The molecule has 1 aromatic carbocycles. The van der Waals surface area contributed by atoms with E-state index in [2.05, 4.69) is 46.4 Å². The molecule has 0 saturated heterocycles. The predicted molar refractivity (Wildman–Crippen MR) is 81.7 cm³/mol. The Hall–Kier alpha value is -0.540. The van der Waals surface area contributed by atoms with E-state index in [4.69, 9.17) is 4.74 Å². The molecule has 0 aliphatic heterocycles. The number of nitrogens with one attached hydrogen (secondary N) is 1. The number of benzene rings is 1. The van der Waals surface area contributed by atoms with Crippen LogP contribution in [0.25, 0.3) is 0 Å². The highest BCUT2D eigenvalue weighted by atomic mass is 79.9. The van der Waals surface area contributed by atoms with Gasteiger partial charge in [-0.3, -0.25) is 0 Å². The van der Waals surface area contributed by atoms with E-state index in [-0.39, 0.29) is 5.60 Å². The van der Waals surface area contributed by atoms with Crippen molar-refractivity contribution in [1.29, 1.82) is 0 Å². The molecule has 1 aromatic rings. The molecule has 19 heavy (non-hydrogen) atoms. The molecule has 104 valence electrons. The van der Waals surface area contributed by atoms with Crippen LogP contribution in [0.1, 0.15) is 44.1 Å². The summed E-state index contributed by atoms with van der Waals surface area (Å²) in [5, 5.41) is 3.60. The molecule has 0 unspecified atom stereocenters. The Labute approximate surface area is 124 Å². The van der Waals surface area contributed by atoms with Gasteiger partial charge < -0.3 is 10.1 Å². The summed E-state index contributed by atoms with van der Waals surface area (Å²) < 4.78 is 7.49. The molecule has 2 saturated carbocycles. The number of rotatable bonds is 6. The van der Waals surface area contributed by atoms with E-state index in [1.807, 2.05) is 0 Å².